The van der Waals surface area contributed by atoms with Crippen LogP contribution in [0.4, 0.5) is 0 Å². The number of rotatable bonds is 9. The monoisotopic (exact) mass is 1060 g/mol. The Balaban J connectivity index is 0.880. The minimum absolute atomic E-state index is 0.595. The lowest BCUT2D eigenvalue weighted by Crippen LogP contribution is -2.02. The fraction of sp³-hybridized carbons (Fsp3) is 0. The van der Waals surface area contributed by atoms with Crippen LogP contribution in [-0.4, -0.2) is 19.5 Å². The van der Waals surface area contributed by atoms with Crippen molar-refractivity contribution in [3.63, 3.8) is 0 Å². The zero-order chi connectivity index (χ0) is 54.1. The summed E-state index contributed by atoms with van der Waals surface area (Å²) in [7, 11) is 0. The lowest BCUT2D eigenvalue weighted by molar-refractivity contribution is 1.07. The van der Waals surface area contributed by atoms with Gasteiger partial charge in [0.05, 0.1) is 11.0 Å². The number of hydrogen-bond donors (Lipinski definition) is 0. The number of nitrogens with zero attached hydrogens (tertiary/aromatic N) is 4. The fourth-order valence-corrected chi connectivity index (χ4v) is 13.2. The number of thiophene rings is 1. The van der Waals surface area contributed by atoms with Gasteiger partial charge in [0, 0.05) is 58.7 Å². The van der Waals surface area contributed by atoms with Gasteiger partial charge in [0.1, 0.15) is 0 Å². The Labute approximate surface area is 478 Å². The molecule has 0 amide bonds. The van der Waals surface area contributed by atoms with Crippen molar-refractivity contribution in [2.75, 3.05) is 0 Å². The zero-order valence-corrected chi connectivity index (χ0v) is 45.2. The summed E-state index contributed by atoms with van der Waals surface area (Å²) in [5, 5.41) is 9.77. The van der Waals surface area contributed by atoms with E-state index in [2.05, 4.69) is 296 Å². The fourth-order valence-electron chi connectivity index (χ4n) is 12.1. The minimum Gasteiger partial charge on any atom is -0.309 e. The molecule has 16 rings (SSSR count). The van der Waals surface area contributed by atoms with Crippen LogP contribution in [0.1, 0.15) is 0 Å². The quantitative estimate of drug-likeness (QED) is 0.145. The van der Waals surface area contributed by atoms with Crippen molar-refractivity contribution in [1.29, 1.82) is 0 Å². The summed E-state index contributed by atoms with van der Waals surface area (Å²) in [4.78, 5) is 16.3. The van der Waals surface area contributed by atoms with Gasteiger partial charge < -0.3 is 4.57 Å². The number of benzene rings is 13. The van der Waals surface area contributed by atoms with Crippen LogP contribution in [0.3, 0.4) is 0 Å². The summed E-state index contributed by atoms with van der Waals surface area (Å²) in [6.07, 6.45) is 0. The van der Waals surface area contributed by atoms with E-state index in [1.165, 1.54) is 80.3 Å². The second-order valence-corrected chi connectivity index (χ2v) is 22.2. The van der Waals surface area contributed by atoms with Crippen LogP contribution in [0.2, 0.25) is 0 Å². The number of hydrogen-bond acceptors (Lipinski definition) is 4. The smallest absolute Gasteiger partial charge is 0.164 e. The molecule has 0 unspecified atom stereocenters. The van der Waals surface area contributed by atoms with Crippen LogP contribution in [0, 0.1) is 0 Å². The van der Waals surface area contributed by atoms with Crippen LogP contribution in [-0.2, 0) is 0 Å². The van der Waals surface area contributed by atoms with E-state index in [0.717, 1.165) is 61.3 Å². The van der Waals surface area contributed by atoms with E-state index >= 15 is 0 Å². The van der Waals surface area contributed by atoms with Crippen molar-refractivity contribution in [3.05, 3.63) is 291 Å². The first kappa shape index (κ1) is 47.4. The first-order valence-electron chi connectivity index (χ1n) is 27.8. The first-order valence-corrected chi connectivity index (χ1v) is 28.6. The molecule has 0 aliphatic rings. The van der Waals surface area contributed by atoms with Crippen LogP contribution < -0.4 is 0 Å². The summed E-state index contributed by atoms with van der Waals surface area (Å²) in [6.45, 7) is 0. The third kappa shape index (κ3) is 8.34. The predicted octanol–water partition coefficient (Wildman–Crippen LogP) is 21.0. The molecule has 382 valence electrons. The Bertz CT molecular complexity index is 4960. The summed E-state index contributed by atoms with van der Waals surface area (Å²) < 4.78 is 4.97. The van der Waals surface area contributed by atoms with Crippen molar-refractivity contribution in [3.8, 4) is 95.5 Å². The molecule has 3 heterocycles. The molecule has 0 radical (unpaired) electrons. The third-order valence-electron chi connectivity index (χ3n) is 16.3. The predicted molar refractivity (Wildman–Crippen MR) is 346 cm³/mol. The highest BCUT2D eigenvalue weighted by molar-refractivity contribution is 7.25. The number of fused-ring (bicyclic) bond motifs is 9. The van der Waals surface area contributed by atoms with Gasteiger partial charge in [-0.1, -0.05) is 249 Å². The molecule has 82 heavy (non-hydrogen) atoms. The normalized spacial score (nSPS) is 11.7. The van der Waals surface area contributed by atoms with Gasteiger partial charge in [-0.2, -0.15) is 0 Å². The van der Waals surface area contributed by atoms with E-state index in [-0.39, 0.29) is 0 Å². The lowest BCUT2D eigenvalue weighted by Gasteiger charge is -2.16. The van der Waals surface area contributed by atoms with E-state index in [4.69, 9.17) is 15.0 Å². The van der Waals surface area contributed by atoms with Crippen LogP contribution in [0.25, 0.3) is 159 Å². The Morgan fingerprint density at radius 3 is 1.27 bits per heavy atom. The van der Waals surface area contributed by atoms with Crippen molar-refractivity contribution in [2.45, 2.75) is 0 Å². The van der Waals surface area contributed by atoms with Crippen LogP contribution >= 0.6 is 11.3 Å². The third-order valence-corrected chi connectivity index (χ3v) is 17.4. The van der Waals surface area contributed by atoms with Gasteiger partial charge in [-0.25, -0.2) is 15.0 Å². The summed E-state index contributed by atoms with van der Waals surface area (Å²) in [5.74, 6) is 1.79. The molecule has 16 aromatic rings. The summed E-state index contributed by atoms with van der Waals surface area (Å²) in [6, 6.07) is 105. The highest BCUT2D eigenvalue weighted by Gasteiger charge is 2.22. The molecule has 0 aliphatic carbocycles. The molecule has 0 bridgehead atoms. The molecule has 0 spiro atoms. The molecule has 0 saturated heterocycles. The van der Waals surface area contributed by atoms with Gasteiger partial charge in [-0.15, -0.1) is 11.3 Å². The maximum Gasteiger partial charge on any atom is 0.164 e. The molecule has 0 aliphatic heterocycles. The Morgan fingerprint density at radius 1 is 0.244 bits per heavy atom. The van der Waals surface area contributed by atoms with Gasteiger partial charge in [-0.05, 0) is 114 Å². The van der Waals surface area contributed by atoms with Crippen LogP contribution in [0.15, 0.2) is 291 Å². The van der Waals surface area contributed by atoms with Crippen molar-refractivity contribution in [2.24, 2.45) is 0 Å². The van der Waals surface area contributed by atoms with E-state index in [1.54, 1.807) is 0 Å². The molecule has 0 N–H and O–H groups in total. The molecule has 3 aromatic heterocycles. The second-order valence-electron chi connectivity index (χ2n) is 21.1. The first-order chi connectivity index (χ1) is 40.6. The van der Waals surface area contributed by atoms with Crippen LogP contribution in [0.5, 0.6) is 0 Å². The SMILES string of the molecule is c1ccc(-c2ccc(-c3ccc(-c4nc(-c5ccc(-c6ccc(-c7ccccc7)cc6)cc5)nc(-c5ccc(-n6c7cc8ccccc8cc7c7ccc8ccccc8c76)cc5-c5ccc6c(c5)sc5ccccc56)n4)cc3)cc2)cc1. The van der Waals surface area contributed by atoms with E-state index < -0.39 is 0 Å². The summed E-state index contributed by atoms with van der Waals surface area (Å²) in [5.41, 5.74) is 17.5. The maximum atomic E-state index is 5.47. The summed E-state index contributed by atoms with van der Waals surface area (Å²) >= 11 is 1.83. The zero-order valence-electron chi connectivity index (χ0n) is 44.4. The second kappa shape index (κ2) is 19.6. The molecule has 5 heteroatoms. The topological polar surface area (TPSA) is 43.6 Å². The van der Waals surface area contributed by atoms with Gasteiger partial charge in [-0.3, -0.25) is 0 Å². The minimum atomic E-state index is 0.595. The van der Waals surface area contributed by atoms with Gasteiger partial charge >= 0.3 is 0 Å². The molecule has 0 fully saturated rings. The molecule has 0 atom stereocenters. The van der Waals surface area contributed by atoms with Gasteiger partial charge in [0.25, 0.3) is 0 Å². The van der Waals surface area contributed by atoms with Gasteiger partial charge in [0.2, 0.25) is 0 Å². The maximum absolute atomic E-state index is 5.47. The average molecular weight is 1060 g/mol. The highest BCUT2D eigenvalue weighted by Crippen LogP contribution is 2.43. The van der Waals surface area contributed by atoms with Crippen molar-refractivity contribution in [1.82, 2.24) is 19.5 Å². The Kier molecular flexibility index (Phi) is 11.4. The molecule has 13 aromatic carbocycles. The number of aromatic nitrogens is 4. The molecular weight excluding hydrogens is 1010 g/mol. The van der Waals surface area contributed by atoms with E-state index in [9.17, 15) is 0 Å². The average Bonchev–Trinajstić information content (AvgIpc) is 4.32. The largest absolute Gasteiger partial charge is 0.309 e. The molecular formula is C77H48N4S. The van der Waals surface area contributed by atoms with E-state index in [0.29, 0.717) is 17.5 Å². The highest BCUT2D eigenvalue weighted by atomic mass is 32.1. The lowest BCUT2D eigenvalue weighted by atomic mass is 9.96. The van der Waals surface area contributed by atoms with Crippen molar-refractivity contribution < 1.29 is 0 Å². The Hall–Kier alpha value is -10.6. The molecule has 4 nitrogen and oxygen atoms in total. The van der Waals surface area contributed by atoms with E-state index in [1.807, 2.05) is 11.3 Å². The molecule has 0 saturated carbocycles. The standard InChI is InChI=1S/C77H48N4S/c1-3-13-49(14-4-1)51-23-27-53(28-24-51)55-31-35-58(36-32-55)75-78-76(59-37-33-56(34-38-59)54-29-25-52(26-30-54)50-15-5-2-6-16-50)80-77(79-75)68-44-41-63(48-69(68)62-40-42-66-65-21-11-12-22-72(65)82-73(66)47-62)81-71-46-61-19-8-7-18-60(61)45-70(71)67-43-39-57-17-9-10-20-64(57)74(67)81/h1-48H. The Morgan fingerprint density at radius 2 is 0.683 bits per heavy atom. The van der Waals surface area contributed by atoms with Crippen molar-refractivity contribution >= 4 is 74.9 Å². The van der Waals surface area contributed by atoms with Gasteiger partial charge in [0.15, 0.2) is 17.5 Å².